The maximum atomic E-state index is 14.2. The van der Waals surface area contributed by atoms with Gasteiger partial charge in [0, 0.05) is 117 Å². The number of hydrogen-bond donors (Lipinski definition) is 6. The topological polar surface area (TPSA) is 410 Å². The number of nitrogens with zero attached hydrogens (tertiary/aromatic N) is 4. The van der Waals surface area contributed by atoms with Crippen LogP contribution in [0, 0.1) is 11.8 Å². The Balaban J connectivity index is 0.000000213. The lowest BCUT2D eigenvalue weighted by Gasteiger charge is -2.29. The first-order valence-corrected chi connectivity index (χ1v) is 62.1. The van der Waals surface area contributed by atoms with E-state index < -0.39 is 150 Å². The van der Waals surface area contributed by atoms with Gasteiger partial charge in [-0.15, -0.1) is 23.5 Å². The smallest absolute Gasteiger partial charge is 0.326 e. The van der Waals surface area contributed by atoms with Gasteiger partial charge in [-0.05, 0) is 175 Å². The minimum absolute atomic E-state index is 0.0493. The molecule has 0 bridgehead atoms. The number of benzene rings is 6. The van der Waals surface area contributed by atoms with E-state index in [2.05, 4.69) is 0 Å². The van der Waals surface area contributed by atoms with Crippen LogP contribution in [0.4, 0.5) is 0 Å². The summed E-state index contributed by atoms with van der Waals surface area (Å²) in [6.45, 7) is 11.7. The lowest BCUT2D eigenvalue weighted by Crippen LogP contribution is -2.42. The molecule has 14 atom stereocenters. The molecule has 0 radical (unpaired) electrons. The molecule has 6 aliphatic rings. The highest BCUT2D eigenvalue weighted by Gasteiger charge is 2.48. The Hall–Kier alpha value is -7.82. The minimum Gasteiger partial charge on any atom is -0.480 e. The fraction of sp³-hybridized carbons (Fsp3) is 0.566. The van der Waals surface area contributed by atoms with Crippen molar-refractivity contribution in [2.75, 3.05) is 75.5 Å². The molecule has 0 aromatic heterocycles. The van der Waals surface area contributed by atoms with Crippen LogP contribution in [0.3, 0.4) is 0 Å². The number of likely N-dealkylation sites (tertiary alicyclic amines) is 4. The van der Waals surface area contributed by atoms with E-state index in [0.717, 1.165) is 92.4 Å². The Morgan fingerprint density at radius 2 is 0.577 bits per heavy atom. The van der Waals surface area contributed by atoms with Crippen LogP contribution in [0.15, 0.2) is 192 Å². The molecule has 4 amide bonds. The molecular weight excluding hydrogens is 1970 g/mol. The van der Waals surface area contributed by atoms with E-state index in [4.69, 9.17) is 18.5 Å². The number of amides is 4. The quantitative estimate of drug-likeness (QED) is 0.00894. The molecule has 780 valence electrons. The van der Waals surface area contributed by atoms with E-state index in [1.807, 2.05) is 219 Å². The van der Waals surface area contributed by atoms with Gasteiger partial charge in [0.15, 0.2) is 0 Å². The van der Waals surface area contributed by atoms with Crippen LogP contribution in [0.25, 0.3) is 0 Å². The van der Waals surface area contributed by atoms with Crippen molar-refractivity contribution in [3.8, 4) is 0 Å². The predicted octanol–water partition coefficient (Wildman–Crippen LogP) is 21.0. The lowest BCUT2D eigenvalue weighted by atomic mass is 10.0. The third-order valence-electron chi connectivity index (χ3n) is 26.0. The molecule has 6 aromatic rings. The second kappa shape index (κ2) is 60.5. The average Bonchev–Trinajstić information content (AvgIpc) is 1.67. The summed E-state index contributed by atoms with van der Waals surface area (Å²) in [7, 11) is -14.5. The molecule has 4 heterocycles. The summed E-state index contributed by atoms with van der Waals surface area (Å²) < 4.78 is 76.5. The van der Waals surface area contributed by atoms with Crippen molar-refractivity contribution in [3.05, 3.63) is 204 Å². The van der Waals surface area contributed by atoms with E-state index in [1.54, 1.807) is 27.7 Å². The lowest BCUT2D eigenvalue weighted by molar-refractivity contribution is -0.170. The van der Waals surface area contributed by atoms with Crippen molar-refractivity contribution in [1.29, 1.82) is 0 Å². The minimum atomic E-state index is -3.66. The average molecular weight is 2110 g/mol. The maximum absolute atomic E-state index is 14.2. The number of carboxylic acid groups (broad SMARTS) is 4. The molecule has 4 aliphatic heterocycles. The van der Waals surface area contributed by atoms with Crippen LogP contribution >= 0.6 is 76.5 Å². The van der Waals surface area contributed by atoms with Crippen LogP contribution in [-0.2, 0) is 110 Å². The van der Waals surface area contributed by atoms with Gasteiger partial charge in [0.05, 0.1) is 0 Å². The first-order valence-electron chi connectivity index (χ1n) is 50.4. The van der Waals surface area contributed by atoms with Crippen LogP contribution < -0.4 is 0 Å². The van der Waals surface area contributed by atoms with E-state index in [0.29, 0.717) is 75.0 Å². The molecule has 12 rings (SSSR count). The standard InChI is InChI=1S/C30H46NO7PS.C30H40NO7PS.C23H34NO5PS.C23H28NO5PS/c2*1-4-28(33)37-30(22(2)3)38-39(36,18-12-11-15-23-13-7-5-8-14-23)21-27(32)31-20-25(19-26(31)29(34)35)40-24-16-9-6-10-17-24;2*25-22(17-30(28,29)14-8-7-11-18-9-3-1-4-10-18)24-16-20(15-21(24)23(26)27)31-19-12-5-2-6-13-19/h5,7-8,13-14,22,24-26,30H,4,6,9-12,15-21H2,1-3H3,(H,34,35);5-10,13-14,16-17,22,25-26,30H,4,11-12,15,18-21H2,1-3H3,(H,34,35);1,3-4,9-10,19-21H,2,5-8,11-17H2,(H,26,27)(H,28,29);1-6,9-10,12-13,20-21H,7-8,11,14-17H2,(H,26,27)(H,28,29)/t2*25-,26+,30-,39?;2*20-,21+/m1111/s1. The molecule has 4 saturated heterocycles. The highest BCUT2D eigenvalue weighted by molar-refractivity contribution is 8.01. The van der Waals surface area contributed by atoms with Gasteiger partial charge >= 0.3 is 35.8 Å². The molecule has 6 aromatic carbocycles. The Labute approximate surface area is 855 Å². The summed E-state index contributed by atoms with van der Waals surface area (Å²) in [4.78, 5) is 152. The molecule has 2 aliphatic carbocycles. The fourth-order valence-corrected chi connectivity index (χ4v) is 31.7. The van der Waals surface area contributed by atoms with Gasteiger partial charge in [-0.2, -0.15) is 23.5 Å². The number of aryl methyl sites for hydroxylation is 4. The molecule has 0 spiro atoms. The Morgan fingerprint density at radius 1 is 0.331 bits per heavy atom. The van der Waals surface area contributed by atoms with Crippen molar-refractivity contribution in [1.82, 2.24) is 19.6 Å². The number of unbranched alkanes of at least 4 members (excludes halogenated alkanes) is 4. The fourth-order valence-electron chi connectivity index (χ4n) is 18.3. The van der Waals surface area contributed by atoms with E-state index in [-0.39, 0.29) is 83.4 Å². The number of esters is 2. The van der Waals surface area contributed by atoms with Crippen molar-refractivity contribution in [2.45, 2.75) is 299 Å². The van der Waals surface area contributed by atoms with Crippen LogP contribution in [0.5, 0.6) is 0 Å². The van der Waals surface area contributed by atoms with Gasteiger partial charge in [-0.3, -0.25) is 56.1 Å². The third-order valence-corrected chi connectivity index (χ3v) is 39.8. The second-order valence-electron chi connectivity index (χ2n) is 38.4. The molecule has 2 saturated carbocycles. The van der Waals surface area contributed by atoms with Crippen molar-refractivity contribution in [2.24, 2.45) is 11.8 Å². The maximum Gasteiger partial charge on any atom is 0.326 e. The third kappa shape index (κ3) is 41.5. The Morgan fingerprint density at radius 3 is 0.838 bits per heavy atom. The number of carboxylic acids is 4. The zero-order valence-corrected chi connectivity index (χ0v) is 89.8. The zero-order chi connectivity index (χ0) is 103. The normalized spacial score (nSPS) is 21.4. The van der Waals surface area contributed by atoms with E-state index >= 15 is 0 Å². The summed E-state index contributed by atoms with van der Waals surface area (Å²) >= 11 is 6.70. The Bertz CT molecular complexity index is 5140. The molecule has 6 fully saturated rings. The zero-order valence-electron chi connectivity index (χ0n) is 82.9. The SMILES string of the molecule is CCC(=O)O[C@H](OP(=O)(CCCCc1ccccc1)CC(=O)N1C[C@H](SC2CCCCC2)C[C@H]1C(=O)O)C(C)C.CCC(=O)O[C@H](OP(=O)(CCCCc1ccccc1)CC(=O)N1C[C@H](Sc2ccccc2)C[C@H]1C(=O)O)C(C)C.O=C(O)[C@@H]1C[C@@H](SC2CCCCC2)CN1C(=O)CP(=O)(O)CCCCc1ccccc1.O=C(O)[C@@H]1C[C@@H](Sc2ccccc2)CN1C(=O)CP(=O)(O)CCCCc1ccccc1. The first kappa shape index (κ1) is 118. The summed E-state index contributed by atoms with van der Waals surface area (Å²) in [5.41, 5.74) is 4.70. The summed E-state index contributed by atoms with van der Waals surface area (Å²) in [6.07, 6.45) is 18.7. The second-order valence-corrected chi connectivity index (χ2v) is 54.5. The van der Waals surface area contributed by atoms with E-state index in [9.17, 15) is 96.4 Å². The van der Waals surface area contributed by atoms with Crippen molar-refractivity contribution in [3.63, 3.8) is 0 Å². The molecule has 36 heteroatoms. The number of rotatable bonds is 50. The summed E-state index contributed by atoms with van der Waals surface area (Å²) in [5, 5.41) is 40.0. The predicted molar refractivity (Wildman–Crippen MR) is 563 cm³/mol. The van der Waals surface area contributed by atoms with Crippen molar-refractivity contribution < 1.29 is 115 Å². The number of thioether (sulfide) groups is 4. The summed E-state index contributed by atoms with van der Waals surface area (Å²) in [6, 6.07) is 55.3. The number of aliphatic carboxylic acids is 4. The van der Waals surface area contributed by atoms with Gasteiger partial charge in [-0.25, -0.2) is 19.2 Å². The van der Waals surface area contributed by atoms with Crippen LogP contribution in [-0.4, -0.2) is 253 Å². The van der Waals surface area contributed by atoms with Crippen LogP contribution in [0.1, 0.15) is 218 Å². The van der Waals surface area contributed by atoms with Crippen molar-refractivity contribution >= 4 is 136 Å². The molecule has 6 N–H and O–H groups in total. The van der Waals surface area contributed by atoms with Gasteiger partial charge in [0.1, 0.15) is 48.8 Å². The largest absolute Gasteiger partial charge is 0.480 e. The monoisotopic (exact) mass is 2110 g/mol. The number of hydrogen-bond acceptors (Lipinski definition) is 22. The molecule has 4 unspecified atom stereocenters. The highest BCUT2D eigenvalue weighted by atomic mass is 32.2. The van der Waals surface area contributed by atoms with Crippen LogP contribution in [0.2, 0.25) is 0 Å². The van der Waals surface area contributed by atoms with Gasteiger partial charge < -0.3 is 59.3 Å². The number of carbonyl (C=O) groups excluding carboxylic acids is 6. The molecule has 142 heavy (non-hydrogen) atoms. The van der Waals surface area contributed by atoms with E-state index in [1.165, 1.54) is 98.3 Å². The summed E-state index contributed by atoms with van der Waals surface area (Å²) in [5.74, 6) is -7.71. The Kier molecular flexibility index (Phi) is 50.1. The highest BCUT2D eigenvalue weighted by Crippen LogP contribution is 2.54. The number of carbonyl (C=O) groups is 10. The van der Waals surface area contributed by atoms with Gasteiger partial charge in [0.2, 0.25) is 65.7 Å². The molecular formula is C106H148N4O24P4S4. The van der Waals surface area contributed by atoms with Gasteiger partial charge in [-0.1, -0.05) is 238 Å². The van der Waals surface area contributed by atoms with Gasteiger partial charge in [0.25, 0.3) is 0 Å². The molecule has 28 nitrogen and oxygen atoms in total. The number of ether oxygens (including phenoxy) is 2. The first-order chi connectivity index (χ1) is 67.9.